The van der Waals surface area contributed by atoms with E-state index in [9.17, 15) is 14.4 Å². The third kappa shape index (κ3) is 3.31. The first-order chi connectivity index (χ1) is 12.8. The number of carbonyl (C=O) groups is 3. The Kier molecular flexibility index (Phi) is 5.23. The first-order valence-corrected chi connectivity index (χ1v) is 9.44. The Bertz CT molecular complexity index is 798. The smallest absolute Gasteiger partial charge is 0.340 e. The van der Waals surface area contributed by atoms with E-state index in [1.54, 1.807) is 16.7 Å². The fraction of sp³-hybridized carbons (Fsp3) is 0.500. The average molecular weight is 394 g/mol. The van der Waals surface area contributed by atoms with Crippen molar-refractivity contribution in [2.45, 2.75) is 30.7 Å². The zero-order chi connectivity index (χ0) is 19.8. The van der Waals surface area contributed by atoms with Crippen LogP contribution < -0.4 is 14.8 Å². The van der Waals surface area contributed by atoms with Gasteiger partial charge in [-0.3, -0.25) is 9.59 Å². The van der Waals surface area contributed by atoms with Gasteiger partial charge in [0.25, 0.3) is 0 Å². The van der Waals surface area contributed by atoms with Crippen LogP contribution in [-0.4, -0.2) is 60.7 Å². The fourth-order valence-electron chi connectivity index (χ4n) is 3.49. The zero-order valence-corrected chi connectivity index (χ0v) is 16.5. The topological polar surface area (TPSA) is 94.2 Å². The lowest BCUT2D eigenvalue weighted by atomic mass is 10.1. The number of carbonyl (C=O) groups excluding carboxylic acids is 3. The summed E-state index contributed by atoms with van der Waals surface area (Å²) in [5.41, 5.74) is 0.388. The van der Waals surface area contributed by atoms with E-state index in [1.807, 2.05) is 6.92 Å². The van der Waals surface area contributed by atoms with Crippen LogP contribution in [-0.2, 0) is 14.3 Å². The maximum Gasteiger partial charge on any atom is 0.340 e. The van der Waals surface area contributed by atoms with Crippen LogP contribution in [0.5, 0.6) is 11.5 Å². The summed E-state index contributed by atoms with van der Waals surface area (Å²) in [5, 5.41) is 2.76. The predicted molar refractivity (Wildman–Crippen MR) is 100 cm³/mol. The number of nitrogens with one attached hydrogen (secondary N) is 1. The molecule has 0 radical (unpaired) electrons. The van der Waals surface area contributed by atoms with E-state index in [4.69, 9.17) is 14.2 Å². The number of anilines is 1. The van der Waals surface area contributed by atoms with Gasteiger partial charge in [-0.2, -0.15) is 0 Å². The second kappa shape index (κ2) is 7.30. The lowest BCUT2D eigenvalue weighted by Crippen LogP contribution is -2.48. The van der Waals surface area contributed by atoms with Crippen molar-refractivity contribution in [3.8, 4) is 11.5 Å². The van der Waals surface area contributed by atoms with Crippen molar-refractivity contribution in [3.63, 3.8) is 0 Å². The molecule has 2 aliphatic heterocycles. The highest BCUT2D eigenvalue weighted by Gasteiger charge is 2.53. The van der Waals surface area contributed by atoms with Crippen molar-refractivity contribution < 1.29 is 28.6 Å². The van der Waals surface area contributed by atoms with Crippen molar-refractivity contribution in [1.82, 2.24) is 4.90 Å². The van der Waals surface area contributed by atoms with Crippen molar-refractivity contribution in [3.05, 3.63) is 17.7 Å². The monoisotopic (exact) mass is 394 g/mol. The number of fused-ring (bicyclic) bond motifs is 1. The van der Waals surface area contributed by atoms with Gasteiger partial charge in [-0.05, 0) is 13.3 Å². The Morgan fingerprint density at radius 1 is 1.22 bits per heavy atom. The molecule has 0 spiro atoms. The van der Waals surface area contributed by atoms with Crippen molar-refractivity contribution in [1.29, 1.82) is 0 Å². The number of nitrogens with zero attached hydrogens (tertiary/aromatic N) is 1. The Hall–Kier alpha value is -2.42. The molecule has 9 heteroatoms. The lowest BCUT2D eigenvalue weighted by molar-refractivity contribution is -0.135. The van der Waals surface area contributed by atoms with Gasteiger partial charge in [0, 0.05) is 24.3 Å². The second-order valence-corrected chi connectivity index (χ2v) is 8.00. The fourth-order valence-corrected chi connectivity index (χ4v) is 4.92. The molecule has 2 fully saturated rings. The summed E-state index contributed by atoms with van der Waals surface area (Å²) in [4.78, 5) is 38.6. The Labute approximate surface area is 161 Å². The van der Waals surface area contributed by atoms with Gasteiger partial charge in [-0.25, -0.2) is 4.79 Å². The highest BCUT2D eigenvalue weighted by Crippen LogP contribution is 2.47. The van der Waals surface area contributed by atoms with E-state index in [1.165, 1.54) is 33.5 Å². The number of thioether (sulfide) groups is 1. The van der Waals surface area contributed by atoms with Gasteiger partial charge in [0.2, 0.25) is 11.8 Å². The normalized spacial score (nSPS) is 23.8. The predicted octanol–water partition coefficient (Wildman–Crippen LogP) is 1.88. The third-order valence-electron chi connectivity index (χ3n) is 4.93. The van der Waals surface area contributed by atoms with Gasteiger partial charge in [0.15, 0.2) is 11.5 Å². The molecular formula is C18H22N2O6S. The standard InChI is InChI=1S/C18H22N2O6S/c1-18-6-5-15(21)20(18)12(9-27-18)16(22)19-11-8-14(25-3)13(24-2)7-10(11)17(23)26-4/h7-8,12H,5-6,9H2,1-4H3,(H,19,22)/t12-,18+/m0/s1. The lowest BCUT2D eigenvalue weighted by Gasteiger charge is -2.30. The molecule has 146 valence electrons. The van der Waals surface area contributed by atoms with Crippen molar-refractivity contribution >= 4 is 35.2 Å². The summed E-state index contributed by atoms with van der Waals surface area (Å²) in [7, 11) is 4.17. The molecule has 2 saturated heterocycles. The Balaban J connectivity index is 1.91. The molecule has 2 aliphatic rings. The molecule has 2 heterocycles. The van der Waals surface area contributed by atoms with Gasteiger partial charge in [0.05, 0.1) is 37.5 Å². The van der Waals surface area contributed by atoms with Gasteiger partial charge in [-0.1, -0.05) is 0 Å². The van der Waals surface area contributed by atoms with Crippen LogP contribution in [0.1, 0.15) is 30.1 Å². The quantitative estimate of drug-likeness (QED) is 0.762. The summed E-state index contributed by atoms with van der Waals surface area (Å²) in [5.74, 6) is 0.226. The van der Waals surface area contributed by atoms with Crippen LogP contribution in [0.15, 0.2) is 12.1 Å². The van der Waals surface area contributed by atoms with Crippen molar-refractivity contribution in [2.24, 2.45) is 0 Å². The minimum Gasteiger partial charge on any atom is -0.493 e. The van der Waals surface area contributed by atoms with Gasteiger partial charge in [-0.15, -0.1) is 11.8 Å². The summed E-state index contributed by atoms with van der Waals surface area (Å²) >= 11 is 1.60. The van der Waals surface area contributed by atoms with E-state index < -0.39 is 12.0 Å². The minimum absolute atomic E-state index is 0.0249. The molecule has 1 N–H and O–H groups in total. The summed E-state index contributed by atoms with van der Waals surface area (Å²) < 4.78 is 15.3. The maximum absolute atomic E-state index is 12.9. The molecule has 27 heavy (non-hydrogen) atoms. The number of esters is 1. The molecule has 0 bridgehead atoms. The third-order valence-corrected chi connectivity index (χ3v) is 6.44. The first-order valence-electron chi connectivity index (χ1n) is 8.46. The van der Waals surface area contributed by atoms with E-state index >= 15 is 0 Å². The van der Waals surface area contributed by atoms with Gasteiger partial charge in [0.1, 0.15) is 6.04 Å². The molecule has 1 aromatic rings. The number of hydrogen-bond donors (Lipinski definition) is 1. The molecule has 8 nitrogen and oxygen atoms in total. The van der Waals surface area contributed by atoms with E-state index in [-0.39, 0.29) is 27.9 Å². The number of ether oxygens (including phenoxy) is 3. The van der Waals surface area contributed by atoms with E-state index in [2.05, 4.69) is 5.32 Å². The minimum atomic E-state index is -0.617. The van der Waals surface area contributed by atoms with Crippen LogP contribution in [0.2, 0.25) is 0 Å². The van der Waals surface area contributed by atoms with Crippen LogP contribution in [0, 0.1) is 0 Å². The SMILES string of the molecule is COC(=O)c1cc(OC)c(OC)cc1NC(=O)[C@@H]1CS[C@]2(C)CCC(=O)N12. The Morgan fingerprint density at radius 3 is 2.52 bits per heavy atom. The number of methoxy groups -OCH3 is 3. The van der Waals surface area contributed by atoms with Gasteiger partial charge < -0.3 is 24.4 Å². The molecule has 0 aromatic heterocycles. The summed E-state index contributed by atoms with van der Waals surface area (Å²) in [6.07, 6.45) is 1.17. The van der Waals surface area contributed by atoms with Crippen LogP contribution in [0.25, 0.3) is 0 Å². The second-order valence-electron chi connectivity index (χ2n) is 6.50. The molecule has 3 rings (SSSR count). The van der Waals surface area contributed by atoms with E-state index in [0.717, 1.165) is 6.42 Å². The summed E-state index contributed by atoms with van der Waals surface area (Å²) in [6.45, 7) is 1.98. The van der Waals surface area contributed by atoms with E-state index in [0.29, 0.717) is 23.7 Å². The molecule has 0 saturated carbocycles. The Morgan fingerprint density at radius 2 is 1.89 bits per heavy atom. The molecular weight excluding hydrogens is 372 g/mol. The molecule has 1 aromatic carbocycles. The number of hydrogen-bond acceptors (Lipinski definition) is 7. The highest BCUT2D eigenvalue weighted by molar-refractivity contribution is 8.01. The molecule has 0 unspecified atom stereocenters. The van der Waals surface area contributed by atoms with Gasteiger partial charge >= 0.3 is 5.97 Å². The number of rotatable bonds is 5. The molecule has 0 aliphatic carbocycles. The average Bonchev–Trinajstić information content (AvgIpc) is 3.16. The van der Waals surface area contributed by atoms with Crippen LogP contribution in [0.4, 0.5) is 5.69 Å². The molecule has 2 amide bonds. The molecule has 2 atom stereocenters. The van der Waals surface area contributed by atoms with Crippen LogP contribution >= 0.6 is 11.8 Å². The maximum atomic E-state index is 12.9. The summed E-state index contributed by atoms with van der Waals surface area (Å²) in [6, 6.07) is 2.37. The number of benzene rings is 1. The largest absolute Gasteiger partial charge is 0.493 e. The van der Waals surface area contributed by atoms with Crippen LogP contribution in [0.3, 0.4) is 0 Å². The first kappa shape index (κ1) is 19.3. The zero-order valence-electron chi connectivity index (χ0n) is 15.7. The number of amides is 2. The highest BCUT2D eigenvalue weighted by atomic mass is 32.2. The van der Waals surface area contributed by atoms with Crippen molar-refractivity contribution in [2.75, 3.05) is 32.4 Å².